The zero-order valence-electron chi connectivity index (χ0n) is 16.7. The fourth-order valence-corrected chi connectivity index (χ4v) is 3.15. The minimum Gasteiger partial charge on any atom is -0.497 e. The van der Waals surface area contributed by atoms with E-state index in [-0.39, 0.29) is 11.9 Å². The van der Waals surface area contributed by atoms with Gasteiger partial charge in [-0.15, -0.1) is 0 Å². The van der Waals surface area contributed by atoms with E-state index < -0.39 is 6.04 Å². The van der Waals surface area contributed by atoms with Crippen molar-refractivity contribution in [2.45, 2.75) is 13.0 Å². The van der Waals surface area contributed by atoms with Crippen LogP contribution in [0.3, 0.4) is 0 Å². The Kier molecular flexibility index (Phi) is 5.92. The van der Waals surface area contributed by atoms with Gasteiger partial charge in [0.15, 0.2) is 11.5 Å². The standard InChI is InChI=1S/C21H23N3O5/c1-12-18(20(25)23-14-6-8-15(27-2)9-7-14)19(24-21(26)22-12)13-5-10-16(28-3)17(11-13)29-4/h5-11,19H,1-4H3,(H,23,25)(H2,22,24,26)/t19-/m1/s1. The summed E-state index contributed by atoms with van der Waals surface area (Å²) in [6, 6.07) is 11.2. The van der Waals surface area contributed by atoms with Crippen LogP contribution >= 0.6 is 0 Å². The molecule has 0 unspecified atom stereocenters. The Morgan fingerprint density at radius 3 is 2.28 bits per heavy atom. The number of carbonyl (C=O) groups excluding carboxylic acids is 2. The summed E-state index contributed by atoms with van der Waals surface area (Å²) in [6.07, 6.45) is 0. The van der Waals surface area contributed by atoms with Gasteiger partial charge in [-0.25, -0.2) is 4.79 Å². The third-order valence-corrected chi connectivity index (χ3v) is 4.60. The van der Waals surface area contributed by atoms with Crippen LogP contribution in [0.5, 0.6) is 17.2 Å². The van der Waals surface area contributed by atoms with Crippen LogP contribution in [0.1, 0.15) is 18.5 Å². The second kappa shape index (κ2) is 8.55. The number of methoxy groups -OCH3 is 3. The van der Waals surface area contributed by atoms with Crippen molar-refractivity contribution in [2.75, 3.05) is 26.6 Å². The summed E-state index contributed by atoms with van der Waals surface area (Å²) in [6.45, 7) is 1.69. The number of ether oxygens (including phenoxy) is 3. The van der Waals surface area contributed by atoms with Crippen molar-refractivity contribution in [2.24, 2.45) is 0 Å². The summed E-state index contributed by atoms with van der Waals surface area (Å²) < 4.78 is 15.8. The maximum Gasteiger partial charge on any atom is 0.319 e. The van der Waals surface area contributed by atoms with Crippen LogP contribution in [-0.2, 0) is 4.79 Å². The average Bonchev–Trinajstić information content (AvgIpc) is 2.73. The lowest BCUT2D eigenvalue weighted by molar-refractivity contribution is -0.113. The minimum absolute atomic E-state index is 0.333. The van der Waals surface area contributed by atoms with Gasteiger partial charge in [-0.2, -0.15) is 0 Å². The fraction of sp³-hybridized carbons (Fsp3) is 0.238. The minimum atomic E-state index is -0.651. The molecule has 1 aliphatic rings. The molecule has 1 atom stereocenters. The lowest BCUT2D eigenvalue weighted by Crippen LogP contribution is -2.45. The Labute approximate surface area is 168 Å². The van der Waals surface area contributed by atoms with E-state index in [1.165, 1.54) is 7.11 Å². The van der Waals surface area contributed by atoms with Crippen LogP contribution in [0.4, 0.5) is 10.5 Å². The van der Waals surface area contributed by atoms with Gasteiger partial charge < -0.3 is 30.2 Å². The number of amides is 3. The molecule has 0 fully saturated rings. The quantitative estimate of drug-likeness (QED) is 0.696. The molecule has 0 radical (unpaired) electrons. The van der Waals surface area contributed by atoms with Gasteiger partial charge in [-0.3, -0.25) is 4.79 Å². The van der Waals surface area contributed by atoms with E-state index in [1.807, 2.05) is 0 Å². The maximum atomic E-state index is 13.1. The molecule has 3 amide bonds. The van der Waals surface area contributed by atoms with Gasteiger partial charge in [0, 0.05) is 11.4 Å². The molecule has 0 saturated heterocycles. The number of carbonyl (C=O) groups is 2. The summed E-state index contributed by atoms with van der Waals surface area (Å²) in [5, 5.41) is 8.32. The number of allylic oxidation sites excluding steroid dienone is 1. The van der Waals surface area contributed by atoms with Crippen LogP contribution < -0.4 is 30.2 Å². The molecule has 1 heterocycles. The predicted octanol–water partition coefficient (Wildman–Crippen LogP) is 2.98. The summed E-state index contributed by atoms with van der Waals surface area (Å²) >= 11 is 0. The zero-order valence-corrected chi connectivity index (χ0v) is 16.7. The Hall–Kier alpha value is -3.68. The molecule has 0 aliphatic carbocycles. The van der Waals surface area contributed by atoms with Gasteiger partial charge in [-0.05, 0) is 48.9 Å². The lowest BCUT2D eigenvalue weighted by atomic mass is 9.94. The number of hydrogen-bond acceptors (Lipinski definition) is 5. The van der Waals surface area contributed by atoms with Crippen molar-refractivity contribution in [3.63, 3.8) is 0 Å². The molecule has 2 aromatic carbocycles. The Balaban J connectivity index is 1.94. The van der Waals surface area contributed by atoms with Crippen LogP contribution in [0.2, 0.25) is 0 Å². The third-order valence-electron chi connectivity index (χ3n) is 4.60. The van der Waals surface area contributed by atoms with Crippen LogP contribution in [0, 0.1) is 0 Å². The van der Waals surface area contributed by atoms with Gasteiger partial charge in [-0.1, -0.05) is 6.07 Å². The molecule has 3 N–H and O–H groups in total. The van der Waals surface area contributed by atoms with Gasteiger partial charge in [0.1, 0.15) is 5.75 Å². The molecule has 152 valence electrons. The topological polar surface area (TPSA) is 97.9 Å². The zero-order chi connectivity index (χ0) is 21.0. The van der Waals surface area contributed by atoms with Crippen molar-refractivity contribution in [3.05, 3.63) is 59.3 Å². The van der Waals surface area contributed by atoms with Gasteiger partial charge in [0.25, 0.3) is 5.91 Å². The Bertz CT molecular complexity index is 953. The average molecular weight is 397 g/mol. The SMILES string of the molecule is COc1ccc(NC(=O)C2=C(C)NC(=O)N[C@@H]2c2ccc(OC)c(OC)c2)cc1. The monoisotopic (exact) mass is 397 g/mol. The van der Waals surface area contributed by atoms with Crippen molar-refractivity contribution < 1.29 is 23.8 Å². The van der Waals surface area contributed by atoms with E-state index >= 15 is 0 Å². The summed E-state index contributed by atoms with van der Waals surface area (Å²) in [5.41, 5.74) is 2.17. The van der Waals surface area contributed by atoms with E-state index in [2.05, 4.69) is 16.0 Å². The van der Waals surface area contributed by atoms with Crippen LogP contribution in [-0.4, -0.2) is 33.3 Å². The normalized spacial score (nSPS) is 15.9. The largest absolute Gasteiger partial charge is 0.497 e. The highest BCUT2D eigenvalue weighted by atomic mass is 16.5. The first-order chi connectivity index (χ1) is 14.0. The highest BCUT2D eigenvalue weighted by Gasteiger charge is 2.31. The Morgan fingerprint density at radius 1 is 0.966 bits per heavy atom. The summed E-state index contributed by atoms with van der Waals surface area (Å²) in [7, 11) is 4.65. The molecule has 0 bridgehead atoms. The van der Waals surface area contributed by atoms with E-state index in [0.29, 0.717) is 39.8 Å². The third kappa shape index (κ3) is 4.26. The molecule has 3 rings (SSSR count). The number of urea groups is 1. The van der Waals surface area contributed by atoms with E-state index in [0.717, 1.165) is 0 Å². The number of benzene rings is 2. The van der Waals surface area contributed by atoms with Crippen LogP contribution in [0.15, 0.2) is 53.7 Å². The highest BCUT2D eigenvalue weighted by Crippen LogP contribution is 2.34. The number of rotatable bonds is 6. The molecular weight excluding hydrogens is 374 g/mol. The van der Waals surface area contributed by atoms with Gasteiger partial charge in [0.05, 0.1) is 32.9 Å². The molecule has 0 aromatic heterocycles. The smallest absolute Gasteiger partial charge is 0.319 e. The molecule has 8 nitrogen and oxygen atoms in total. The maximum absolute atomic E-state index is 13.1. The molecule has 0 saturated carbocycles. The second-order valence-electron chi connectivity index (χ2n) is 6.37. The first-order valence-electron chi connectivity index (χ1n) is 8.92. The molecule has 1 aliphatic heterocycles. The highest BCUT2D eigenvalue weighted by molar-refractivity contribution is 6.06. The van der Waals surface area contributed by atoms with Crippen molar-refractivity contribution in [3.8, 4) is 17.2 Å². The number of anilines is 1. The number of hydrogen-bond donors (Lipinski definition) is 3. The first kappa shape index (κ1) is 20.1. The molecule has 29 heavy (non-hydrogen) atoms. The lowest BCUT2D eigenvalue weighted by Gasteiger charge is -2.29. The van der Waals surface area contributed by atoms with Crippen LogP contribution in [0.25, 0.3) is 0 Å². The molecular formula is C21H23N3O5. The van der Waals surface area contributed by atoms with Crippen molar-refractivity contribution >= 4 is 17.6 Å². The fourth-order valence-electron chi connectivity index (χ4n) is 3.15. The van der Waals surface area contributed by atoms with E-state index in [1.54, 1.807) is 63.6 Å². The molecule has 2 aromatic rings. The van der Waals surface area contributed by atoms with Gasteiger partial charge >= 0.3 is 6.03 Å². The van der Waals surface area contributed by atoms with Gasteiger partial charge in [0.2, 0.25) is 0 Å². The first-order valence-corrected chi connectivity index (χ1v) is 8.92. The van der Waals surface area contributed by atoms with E-state index in [9.17, 15) is 9.59 Å². The van der Waals surface area contributed by atoms with Crippen molar-refractivity contribution in [1.82, 2.24) is 10.6 Å². The predicted molar refractivity (Wildman–Crippen MR) is 108 cm³/mol. The molecule has 8 heteroatoms. The Morgan fingerprint density at radius 2 is 1.66 bits per heavy atom. The summed E-state index contributed by atoms with van der Waals surface area (Å²) in [5.74, 6) is 1.42. The van der Waals surface area contributed by atoms with E-state index in [4.69, 9.17) is 14.2 Å². The number of nitrogens with one attached hydrogen (secondary N) is 3. The second-order valence-corrected chi connectivity index (χ2v) is 6.37. The molecule has 0 spiro atoms. The van der Waals surface area contributed by atoms with Crippen molar-refractivity contribution in [1.29, 1.82) is 0 Å². The summed E-state index contributed by atoms with van der Waals surface area (Å²) in [4.78, 5) is 25.1.